The van der Waals surface area contributed by atoms with E-state index in [2.05, 4.69) is 11.1 Å². The molecule has 0 aliphatic carbocycles. The summed E-state index contributed by atoms with van der Waals surface area (Å²) in [6.45, 7) is 2.12. The van der Waals surface area contributed by atoms with Crippen LogP contribution in [0.25, 0.3) is 11.1 Å². The maximum absolute atomic E-state index is 9.25. The van der Waals surface area contributed by atoms with Gasteiger partial charge in [-0.2, -0.15) is 5.26 Å². The monoisotopic (exact) mass is 272 g/mol. The Morgan fingerprint density at radius 1 is 1.32 bits per heavy atom. The maximum Gasteiger partial charge on any atom is 0.231 e. The Kier molecular flexibility index (Phi) is 2.77. The van der Waals surface area contributed by atoms with E-state index in [4.69, 9.17) is 21.1 Å². The molecule has 1 aromatic heterocycles. The van der Waals surface area contributed by atoms with Gasteiger partial charge in [0.25, 0.3) is 0 Å². The van der Waals surface area contributed by atoms with Gasteiger partial charge in [0.05, 0.1) is 5.56 Å². The Labute approximate surface area is 115 Å². The van der Waals surface area contributed by atoms with Crippen LogP contribution in [0.3, 0.4) is 0 Å². The molecule has 1 aliphatic rings. The number of nitriles is 1. The average Bonchev–Trinajstić information content (AvgIpc) is 2.88. The fourth-order valence-electron chi connectivity index (χ4n) is 2.11. The molecule has 4 nitrogen and oxygen atoms in total. The quantitative estimate of drug-likeness (QED) is 0.747. The van der Waals surface area contributed by atoms with Crippen molar-refractivity contribution in [2.24, 2.45) is 0 Å². The summed E-state index contributed by atoms with van der Waals surface area (Å²) in [5.74, 6) is 1.38. The first-order valence-electron chi connectivity index (χ1n) is 5.66. The molecule has 0 fully saturated rings. The van der Waals surface area contributed by atoms with E-state index < -0.39 is 0 Å². The molecule has 0 spiro atoms. The molecule has 0 N–H and O–H groups in total. The summed E-state index contributed by atoms with van der Waals surface area (Å²) in [5, 5.41) is 9.46. The van der Waals surface area contributed by atoms with Gasteiger partial charge in [-0.05, 0) is 30.2 Å². The van der Waals surface area contributed by atoms with Crippen LogP contribution in [0, 0.1) is 18.3 Å². The summed E-state index contributed by atoms with van der Waals surface area (Å²) in [6, 6.07) is 7.66. The largest absolute Gasteiger partial charge is 0.454 e. The van der Waals surface area contributed by atoms with Crippen molar-refractivity contribution in [2.45, 2.75) is 6.92 Å². The van der Waals surface area contributed by atoms with Crippen LogP contribution in [0.5, 0.6) is 11.5 Å². The second kappa shape index (κ2) is 4.45. The van der Waals surface area contributed by atoms with Crippen LogP contribution >= 0.6 is 11.6 Å². The summed E-state index contributed by atoms with van der Waals surface area (Å²) >= 11 is 5.98. The third kappa shape index (κ3) is 1.88. The lowest BCUT2D eigenvalue weighted by Crippen LogP contribution is -1.93. The molecule has 0 atom stereocenters. The second-order valence-electron chi connectivity index (χ2n) is 4.16. The van der Waals surface area contributed by atoms with Gasteiger partial charge in [-0.25, -0.2) is 4.98 Å². The molecule has 0 amide bonds. The fourth-order valence-corrected chi connectivity index (χ4v) is 2.29. The molecule has 1 aliphatic heterocycles. The topological polar surface area (TPSA) is 55.1 Å². The van der Waals surface area contributed by atoms with E-state index in [0.29, 0.717) is 17.1 Å². The first-order chi connectivity index (χ1) is 9.20. The summed E-state index contributed by atoms with van der Waals surface area (Å²) in [6.07, 6.45) is 1.66. The minimum Gasteiger partial charge on any atom is -0.454 e. The van der Waals surface area contributed by atoms with Gasteiger partial charge in [-0.1, -0.05) is 17.7 Å². The van der Waals surface area contributed by atoms with Gasteiger partial charge in [0.15, 0.2) is 11.5 Å². The number of aryl methyl sites for hydroxylation is 1. The predicted molar refractivity (Wildman–Crippen MR) is 70.3 cm³/mol. The lowest BCUT2D eigenvalue weighted by Gasteiger charge is -2.09. The molecule has 3 rings (SSSR count). The number of benzene rings is 1. The number of halogens is 1. The number of hydrogen-bond acceptors (Lipinski definition) is 4. The highest BCUT2D eigenvalue weighted by molar-refractivity contribution is 6.31. The van der Waals surface area contributed by atoms with E-state index in [-0.39, 0.29) is 11.9 Å². The van der Waals surface area contributed by atoms with Gasteiger partial charge in [0.2, 0.25) is 6.79 Å². The van der Waals surface area contributed by atoms with E-state index in [1.807, 2.05) is 25.1 Å². The van der Waals surface area contributed by atoms with Crippen LogP contribution in [0.2, 0.25) is 5.15 Å². The number of ether oxygens (including phenoxy) is 2. The third-order valence-electron chi connectivity index (χ3n) is 3.00. The zero-order valence-corrected chi connectivity index (χ0v) is 10.9. The minimum atomic E-state index is 0.209. The summed E-state index contributed by atoms with van der Waals surface area (Å²) < 4.78 is 10.6. The van der Waals surface area contributed by atoms with Crippen molar-refractivity contribution in [3.8, 4) is 28.7 Å². The molecule has 94 valence electrons. The van der Waals surface area contributed by atoms with Crippen LogP contribution in [0.15, 0.2) is 24.4 Å². The van der Waals surface area contributed by atoms with Crippen LogP contribution in [0.1, 0.15) is 11.1 Å². The van der Waals surface area contributed by atoms with Crippen LogP contribution in [-0.4, -0.2) is 11.8 Å². The Morgan fingerprint density at radius 3 is 2.89 bits per heavy atom. The highest BCUT2D eigenvalue weighted by Gasteiger charge is 2.18. The Hall–Kier alpha value is -2.25. The van der Waals surface area contributed by atoms with Gasteiger partial charge in [-0.15, -0.1) is 0 Å². The smallest absolute Gasteiger partial charge is 0.231 e. The molecule has 0 bridgehead atoms. The molecule has 0 unspecified atom stereocenters. The van der Waals surface area contributed by atoms with Gasteiger partial charge in [0, 0.05) is 11.8 Å². The van der Waals surface area contributed by atoms with Crippen molar-refractivity contribution in [3.63, 3.8) is 0 Å². The van der Waals surface area contributed by atoms with E-state index in [9.17, 15) is 5.26 Å². The van der Waals surface area contributed by atoms with Gasteiger partial charge in [-0.3, -0.25) is 0 Å². The van der Waals surface area contributed by atoms with Crippen molar-refractivity contribution in [3.05, 3.63) is 40.7 Å². The van der Waals surface area contributed by atoms with E-state index in [1.165, 1.54) is 0 Å². The highest BCUT2D eigenvalue weighted by atomic mass is 35.5. The number of hydrogen-bond donors (Lipinski definition) is 0. The van der Waals surface area contributed by atoms with Crippen LogP contribution in [0.4, 0.5) is 0 Å². The van der Waals surface area contributed by atoms with Crippen molar-refractivity contribution < 1.29 is 9.47 Å². The number of pyridine rings is 1. The Morgan fingerprint density at radius 2 is 2.11 bits per heavy atom. The SMILES string of the molecule is Cc1cnc(Cl)c(C#N)c1-c1ccc2c(c1)OCO2. The van der Waals surface area contributed by atoms with Gasteiger partial charge < -0.3 is 9.47 Å². The molecule has 2 heterocycles. The molecule has 0 saturated carbocycles. The summed E-state index contributed by atoms with van der Waals surface area (Å²) in [7, 11) is 0. The zero-order chi connectivity index (χ0) is 13.4. The van der Waals surface area contributed by atoms with Crippen molar-refractivity contribution in [2.75, 3.05) is 6.79 Å². The third-order valence-corrected chi connectivity index (χ3v) is 3.28. The molecule has 19 heavy (non-hydrogen) atoms. The standard InChI is InChI=1S/C14H9ClN2O2/c1-8-6-17-14(15)10(5-16)13(8)9-2-3-11-12(4-9)19-7-18-11/h2-4,6H,7H2,1H3. The van der Waals surface area contributed by atoms with Crippen molar-refractivity contribution >= 4 is 11.6 Å². The molecule has 2 aromatic rings. The summed E-state index contributed by atoms with van der Waals surface area (Å²) in [5.41, 5.74) is 2.91. The van der Waals surface area contributed by atoms with E-state index in [1.54, 1.807) is 6.20 Å². The lowest BCUT2D eigenvalue weighted by molar-refractivity contribution is 0.174. The van der Waals surface area contributed by atoms with E-state index in [0.717, 1.165) is 16.7 Å². The number of aromatic nitrogens is 1. The fraction of sp³-hybridized carbons (Fsp3) is 0.143. The average molecular weight is 273 g/mol. The first-order valence-corrected chi connectivity index (χ1v) is 6.03. The number of rotatable bonds is 1. The van der Waals surface area contributed by atoms with Crippen molar-refractivity contribution in [1.29, 1.82) is 5.26 Å². The zero-order valence-electron chi connectivity index (χ0n) is 10.1. The van der Waals surface area contributed by atoms with E-state index >= 15 is 0 Å². The van der Waals surface area contributed by atoms with Crippen LogP contribution < -0.4 is 9.47 Å². The van der Waals surface area contributed by atoms with Gasteiger partial charge >= 0.3 is 0 Å². The van der Waals surface area contributed by atoms with Crippen LogP contribution in [-0.2, 0) is 0 Å². The minimum absolute atomic E-state index is 0.209. The second-order valence-corrected chi connectivity index (χ2v) is 4.52. The molecule has 1 aromatic carbocycles. The molecule has 5 heteroatoms. The van der Waals surface area contributed by atoms with Gasteiger partial charge in [0.1, 0.15) is 11.2 Å². The number of fused-ring (bicyclic) bond motifs is 1. The Balaban J connectivity index is 2.23. The van der Waals surface area contributed by atoms with Crippen molar-refractivity contribution in [1.82, 2.24) is 4.98 Å². The maximum atomic E-state index is 9.25. The lowest BCUT2D eigenvalue weighted by atomic mass is 9.97. The highest BCUT2D eigenvalue weighted by Crippen LogP contribution is 2.38. The molecule has 0 saturated heterocycles. The number of nitrogens with zero attached hydrogens (tertiary/aromatic N) is 2. The normalized spacial score (nSPS) is 12.3. The summed E-state index contributed by atoms with van der Waals surface area (Å²) in [4.78, 5) is 4.00. The molecule has 0 radical (unpaired) electrons. The first kappa shape index (κ1) is 11.8. The molecular weight excluding hydrogens is 264 g/mol. The Bertz CT molecular complexity index is 707. The predicted octanol–water partition coefficient (Wildman–Crippen LogP) is 3.31. The molecular formula is C14H9ClN2O2.